The normalized spacial score (nSPS) is 19.6. The van der Waals surface area contributed by atoms with E-state index in [-0.39, 0.29) is 2.85 Å². The van der Waals surface area contributed by atoms with Crippen molar-refractivity contribution in [2.45, 2.75) is 19.3 Å². The smallest absolute Gasteiger partial charge is 0.106 e. The standard InChI is InChI=1S/2C5H9N.C5H6O.2H2/c3*1-2-4-6-5-3-1;;/h2,4,6H,1,3,5H2;1-2,6H,3-5H2;1-4H,5H2;2*1H. The third kappa shape index (κ3) is 9.73. The molecule has 2 N–H and O–H groups in total. The molecule has 3 aliphatic heterocycles. The van der Waals surface area contributed by atoms with Crippen molar-refractivity contribution < 1.29 is 7.59 Å². The minimum Gasteiger partial charge on any atom is -0.497 e. The topological polar surface area (TPSA) is 33.3 Å². The molecule has 0 aromatic carbocycles. The Morgan fingerprint density at radius 3 is 2.11 bits per heavy atom. The molecule has 0 aromatic heterocycles. The highest BCUT2D eigenvalue weighted by molar-refractivity contribution is 5.03. The van der Waals surface area contributed by atoms with Gasteiger partial charge < -0.3 is 15.4 Å². The van der Waals surface area contributed by atoms with Gasteiger partial charge in [-0.25, -0.2) is 0 Å². The maximum Gasteiger partial charge on any atom is 0.106 e. The molecule has 3 nitrogen and oxygen atoms in total. The highest BCUT2D eigenvalue weighted by atomic mass is 16.5. The molecule has 0 atom stereocenters. The summed E-state index contributed by atoms with van der Waals surface area (Å²) < 4.78 is 4.80. The average molecular weight is 252 g/mol. The monoisotopic (exact) mass is 252 g/mol. The Bertz CT molecular complexity index is 256. The SMILES string of the molecule is C1=CCNCC1.C1=CCOC=C1.C1=CNCCC1.[HH].[HH]. The number of nitrogens with one attached hydrogen (secondary N) is 2. The number of allylic oxidation sites excluding steroid dienone is 3. The highest BCUT2D eigenvalue weighted by Crippen LogP contribution is 1.92. The van der Waals surface area contributed by atoms with Crippen LogP contribution < -0.4 is 10.6 Å². The Morgan fingerprint density at radius 1 is 0.944 bits per heavy atom. The molecule has 0 aromatic rings. The molecule has 0 bridgehead atoms. The number of rotatable bonds is 0. The molecular formula is C15H28N2O. The van der Waals surface area contributed by atoms with Crippen molar-refractivity contribution in [2.24, 2.45) is 0 Å². The Kier molecular flexibility index (Phi) is 9.71. The van der Waals surface area contributed by atoms with Gasteiger partial charge in [0.15, 0.2) is 0 Å². The Morgan fingerprint density at radius 2 is 1.94 bits per heavy atom. The van der Waals surface area contributed by atoms with Crippen molar-refractivity contribution in [3.8, 4) is 0 Å². The van der Waals surface area contributed by atoms with Crippen LogP contribution in [0.4, 0.5) is 0 Å². The second-order valence-electron chi connectivity index (χ2n) is 4.05. The zero-order valence-corrected chi connectivity index (χ0v) is 11.0. The second-order valence-corrected chi connectivity index (χ2v) is 4.05. The summed E-state index contributed by atoms with van der Waals surface area (Å²) in [4.78, 5) is 0. The lowest BCUT2D eigenvalue weighted by Crippen LogP contribution is -2.17. The summed E-state index contributed by atoms with van der Waals surface area (Å²) in [6.07, 6.45) is 19.8. The minimum atomic E-state index is 0. The first kappa shape index (κ1) is 14.6. The van der Waals surface area contributed by atoms with Gasteiger partial charge in [-0.05, 0) is 44.2 Å². The van der Waals surface area contributed by atoms with Crippen molar-refractivity contribution in [1.29, 1.82) is 0 Å². The van der Waals surface area contributed by atoms with Crippen LogP contribution in [0, 0.1) is 0 Å². The first-order chi connectivity index (χ1) is 9.00. The Labute approximate surface area is 113 Å². The van der Waals surface area contributed by atoms with Gasteiger partial charge in [0.2, 0.25) is 0 Å². The summed E-state index contributed by atoms with van der Waals surface area (Å²) in [5.41, 5.74) is 0. The molecule has 3 heterocycles. The predicted molar refractivity (Wildman–Crippen MR) is 81.5 cm³/mol. The molecule has 0 unspecified atom stereocenters. The van der Waals surface area contributed by atoms with Crippen LogP contribution in [0.3, 0.4) is 0 Å². The first-order valence-corrected chi connectivity index (χ1v) is 6.67. The molecule has 0 aliphatic carbocycles. The van der Waals surface area contributed by atoms with Crippen LogP contribution in [0.2, 0.25) is 0 Å². The summed E-state index contributed by atoms with van der Waals surface area (Å²) in [6, 6.07) is 0. The Hall–Kier alpha value is -1.48. The minimum absolute atomic E-state index is 0. The van der Waals surface area contributed by atoms with Crippen LogP contribution in [0.15, 0.2) is 48.9 Å². The van der Waals surface area contributed by atoms with E-state index in [4.69, 9.17) is 4.74 Å². The summed E-state index contributed by atoms with van der Waals surface area (Å²) in [5.74, 6) is 0. The van der Waals surface area contributed by atoms with E-state index in [1.54, 1.807) is 6.26 Å². The van der Waals surface area contributed by atoms with Crippen LogP contribution in [-0.2, 0) is 4.74 Å². The fourth-order valence-electron chi connectivity index (χ4n) is 1.49. The Balaban J connectivity index is 0. The number of hydrogen-bond donors (Lipinski definition) is 2. The quantitative estimate of drug-likeness (QED) is 0.650. The van der Waals surface area contributed by atoms with Gasteiger partial charge in [0.25, 0.3) is 0 Å². The second kappa shape index (κ2) is 12.0. The first-order valence-electron chi connectivity index (χ1n) is 6.67. The van der Waals surface area contributed by atoms with E-state index >= 15 is 0 Å². The summed E-state index contributed by atoms with van der Waals surface area (Å²) in [7, 11) is 0. The molecular weight excluding hydrogens is 224 g/mol. The van der Waals surface area contributed by atoms with Crippen molar-refractivity contribution in [2.75, 3.05) is 26.2 Å². The van der Waals surface area contributed by atoms with Crippen molar-refractivity contribution in [1.82, 2.24) is 10.6 Å². The van der Waals surface area contributed by atoms with Gasteiger partial charge in [0, 0.05) is 15.9 Å². The van der Waals surface area contributed by atoms with E-state index in [2.05, 4.69) is 28.9 Å². The van der Waals surface area contributed by atoms with Crippen molar-refractivity contribution >= 4 is 0 Å². The molecule has 0 radical (unpaired) electrons. The molecule has 3 rings (SSSR count). The highest BCUT2D eigenvalue weighted by Gasteiger charge is 1.85. The number of hydrogen-bond acceptors (Lipinski definition) is 3. The summed E-state index contributed by atoms with van der Waals surface area (Å²) in [6.45, 7) is 4.13. The van der Waals surface area contributed by atoms with E-state index in [9.17, 15) is 0 Å². The third-order valence-electron chi connectivity index (χ3n) is 2.46. The van der Waals surface area contributed by atoms with E-state index in [1.807, 2.05) is 24.4 Å². The zero-order valence-electron chi connectivity index (χ0n) is 11.0. The largest absolute Gasteiger partial charge is 0.497 e. The maximum absolute atomic E-state index is 4.80. The molecule has 0 amide bonds. The van der Waals surface area contributed by atoms with Crippen LogP contribution in [0.5, 0.6) is 0 Å². The van der Waals surface area contributed by atoms with E-state index < -0.39 is 0 Å². The lowest BCUT2D eigenvalue weighted by Gasteiger charge is -2.02. The lowest BCUT2D eigenvalue weighted by atomic mass is 10.2. The molecule has 3 heteroatoms. The van der Waals surface area contributed by atoms with Gasteiger partial charge in [-0.2, -0.15) is 0 Å². The van der Waals surface area contributed by atoms with E-state index in [1.165, 1.54) is 19.3 Å². The van der Waals surface area contributed by atoms with Gasteiger partial charge in [0.05, 0.1) is 6.26 Å². The van der Waals surface area contributed by atoms with Crippen molar-refractivity contribution in [3.05, 3.63) is 48.9 Å². The summed E-state index contributed by atoms with van der Waals surface area (Å²) >= 11 is 0. The fraction of sp³-hybridized carbons (Fsp3) is 0.467. The maximum atomic E-state index is 4.80. The molecule has 0 saturated heterocycles. The third-order valence-corrected chi connectivity index (χ3v) is 2.46. The lowest BCUT2D eigenvalue weighted by molar-refractivity contribution is 0.286. The molecule has 0 saturated carbocycles. The molecule has 0 spiro atoms. The van der Waals surface area contributed by atoms with Crippen LogP contribution >= 0.6 is 0 Å². The van der Waals surface area contributed by atoms with Crippen LogP contribution in [0.1, 0.15) is 22.1 Å². The molecule has 3 aliphatic rings. The fourth-order valence-corrected chi connectivity index (χ4v) is 1.49. The molecule has 0 fully saturated rings. The van der Waals surface area contributed by atoms with Gasteiger partial charge in [-0.15, -0.1) is 0 Å². The van der Waals surface area contributed by atoms with Gasteiger partial charge in [-0.1, -0.05) is 24.3 Å². The number of ether oxygens (including phenoxy) is 1. The summed E-state index contributed by atoms with van der Waals surface area (Å²) in [5, 5.41) is 6.30. The van der Waals surface area contributed by atoms with Gasteiger partial charge in [0.1, 0.15) is 6.61 Å². The van der Waals surface area contributed by atoms with Crippen LogP contribution in [-0.4, -0.2) is 26.2 Å². The average Bonchev–Trinajstić information content (AvgIpc) is 2.54. The zero-order chi connectivity index (χ0) is 12.7. The van der Waals surface area contributed by atoms with Crippen molar-refractivity contribution in [3.63, 3.8) is 0 Å². The molecule has 18 heavy (non-hydrogen) atoms. The molecule has 104 valence electrons. The van der Waals surface area contributed by atoms with E-state index in [0.29, 0.717) is 0 Å². The van der Waals surface area contributed by atoms with Gasteiger partial charge in [-0.3, -0.25) is 0 Å². The van der Waals surface area contributed by atoms with E-state index in [0.717, 1.165) is 26.2 Å². The van der Waals surface area contributed by atoms with Crippen LogP contribution in [0.25, 0.3) is 0 Å². The predicted octanol–water partition coefficient (Wildman–Crippen LogP) is 3.00. The van der Waals surface area contributed by atoms with Gasteiger partial charge >= 0.3 is 0 Å².